The number of carbonyl (C=O) groups excluding carboxylic acids is 1. The van der Waals surface area contributed by atoms with Crippen molar-refractivity contribution >= 4 is 34.0 Å². The molecule has 0 fully saturated rings. The maximum atomic E-state index is 11.8. The first-order chi connectivity index (χ1) is 9.60. The number of nitrogens with two attached hydrogens (primary N) is 1. The zero-order chi connectivity index (χ0) is 14.5. The minimum absolute atomic E-state index is 0.236. The number of amides is 1. The summed E-state index contributed by atoms with van der Waals surface area (Å²) in [6, 6.07) is 6.81. The molecule has 1 unspecified atom stereocenters. The Morgan fingerprint density at radius 2 is 2.30 bits per heavy atom. The lowest BCUT2D eigenvalue weighted by Crippen LogP contribution is -2.35. The monoisotopic (exact) mass is 310 g/mol. The molecular weight excluding hydrogens is 296 g/mol. The summed E-state index contributed by atoms with van der Waals surface area (Å²) in [4.78, 5) is 11.8. The number of hydrogen-bond acceptors (Lipinski definition) is 5. The summed E-state index contributed by atoms with van der Waals surface area (Å²) >= 11 is 7.22. The predicted molar refractivity (Wildman–Crippen MR) is 81.9 cm³/mol. The number of benzene rings is 1. The van der Waals surface area contributed by atoms with Crippen molar-refractivity contribution in [3.05, 3.63) is 29.3 Å². The Hall–Kier alpha value is -1.50. The van der Waals surface area contributed by atoms with Gasteiger partial charge in [0.25, 0.3) is 0 Å². The molecule has 7 heteroatoms. The van der Waals surface area contributed by atoms with E-state index in [0.717, 1.165) is 12.0 Å². The highest BCUT2D eigenvalue weighted by molar-refractivity contribution is 7.18. The number of carbonyl (C=O) groups is 1. The van der Waals surface area contributed by atoms with E-state index in [4.69, 9.17) is 17.3 Å². The van der Waals surface area contributed by atoms with Gasteiger partial charge in [0, 0.05) is 10.6 Å². The van der Waals surface area contributed by atoms with Crippen LogP contribution in [-0.4, -0.2) is 22.1 Å². The quantitative estimate of drug-likeness (QED) is 0.889. The highest BCUT2D eigenvalue weighted by Crippen LogP contribution is 2.28. The van der Waals surface area contributed by atoms with Gasteiger partial charge in [-0.05, 0) is 18.6 Å². The van der Waals surface area contributed by atoms with Crippen molar-refractivity contribution in [2.24, 2.45) is 5.73 Å². The topological polar surface area (TPSA) is 80.9 Å². The highest BCUT2D eigenvalue weighted by Gasteiger charge is 2.15. The molecule has 1 aromatic carbocycles. The van der Waals surface area contributed by atoms with E-state index in [-0.39, 0.29) is 5.91 Å². The predicted octanol–water partition coefficient (Wildman–Crippen LogP) is 2.92. The van der Waals surface area contributed by atoms with Crippen LogP contribution in [0, 0.1) is 0 Å². The Labute approximate surface area is 126 Å². The molecule has 5 nitrogen and oxygen atoms in total. The first-order valence-electron chi connectivity index (χ1n) is 6.26. The minimum Gasteiger partial charge on any atom is -0.320 e. The third-order valence-electron chi connectivity index (χ3n) is 2.66. The molecule has 1 aromatic heterocycles. The summed E-state index contributed by atoms with van der Waals surface area (Å²) in [5.41, 5.74) is 6.61. The van der Waals surface area contributed by atoms with Crippen LogP contribution in [0.15, 0.2) is 24.3 Å². The Balaban J connectivity index is 2.08. The molecule has 0 spiro atoms. The first kappa shape index (κ1) is 14.9. The molecule has 106 valence electrons. The standard InChI is InChI=1S/C13H15ClN4OS/c1-2-4-10(15)11(19)16-13-18-17-12(20-13)8-5-3-6-9(14)7-8/h3,5-7,10H,2,4,15H2,1H3,(H,16,18,19). The van der Waals surface area contributed by atoms with Crippen LogP contribution in [0.4, 0.5) is 5.13 Å². The lowest BCUT2D eigenvalue weighted by molar-refractivity contribution is -0.117. The average Bonchev–Trinajstić information content (AvgIpc) is 2.87. The van der Waals surface area contributed by atoms with Gasteiger partial charge in [0.1, 0.15) is 5.01 Å². The lowest BCUT2D eigenvalue weighted by Gasteiger charge is -2.08. The molecule has 2 rings (SSSR count). The molecule has 2 aromatic rings. The van der Waals surface area contributed by atoms with Crippen LogP contribution in [0.25, 0.3) is 10.6 Å². The molecule has 20 heavy (non-hydrogen) atoms. The van der Waals surface area contributed by atoms with E-state index in [2.05, 4.69) is 15.5 Å². The Morgan fingerprint density at radius 1 is 1.50 bits per heavy atom. The van der Waals surface area contributed by atoms with Crippen molar-refractivity contribution in [3.63, 3.8) is 0 Å². The van der Waals surface area contributed by atoms with Crippen LogP contribution in [0.5, 0.6) is 0 Å². The Morgan fingerprint density at radius 3 is 3.00 bits per heavy atom. The summed E-state index contributed by atoms with van der Waals surface area (Å²) < 4.78 is 0. The summed E-state index contributed by atoms with van der Waals surface area (Å²) in [6.07, 6.45) is 1.50. The molecule has 3 N–H and O–H groups in total. The van der Waals surface area contributed by atoms with Crippen molar-refractivity contribution in [2.45, 2.75) is 25.8 Å². The number of anilines is 1. The molecule has 0 saturated carbocycles. The van der Waals surface area contributed by atoms with Gasteiger partial charge in [-0.3, -0.25) is 10.1 Å². The summed E-state index contributed by atoms with van der Waals surface area (Å²) in [5, 5.41) is 12.4. The van der Waals surface area contributed by atoms with Gasteiger partial charge in [0.15, 0.2) is 0 Å². The van der Waals surface area contributed by atoms with Crippen LogP contribution in [0.1, 0.15) is 19.8 Å². The molecule has 1 heterocycles. The van der Waals surface area contributed by atoms with Crippen molar-refractivity contribution in [1.82, 2.24) is 10.2 Å². The number of nitrogens with one attached hydrogen (secondary N) is 1. The summed E-state index contributed by atoms with van der Waals surface area (Å²) in [6.45, 7) is 1.98. The zero-order valence-electron chi connectivity index (χ0n) is 11.0. The van der Waals surface area contributed by atoms with Gasteiger partial charge >= 0.3 is 0 Å². The number of nitrogens with zero attached hydrogens (tertiary/aromatic N) is 2. The highest BCUT2D eigenvalue weighted by atomic mass is 35.5. The van der Waals surface area contributed by atoms with Crippen LogP contribution < -0.4 is 11.1 Å². The fourth-order valence-electron chi connectivity index (χ4n) is 1.65. The Bertz CT molecular complexity index is 602. The van der Waals surface area contributed by atoms with Gasteiger partial charge in [0.05, 0.1) is 6.04 Å². The molecule has 0 saturated heterocycles. The van der Waals surface area contributed by atoms with Gasteiger partial charge in [-0.1, -0.05) is 48.4 Å². The lowest BCUT2D eigenvalue weighted by atomic mass is 10.2. The second kappa shape index (κ2) is 6.78. The first-order valence-corrected chi connectivity index (χ1v) is 7.45. The van der Waals surface area contributed by atoms with Gasteiger partial charge < -0.3 is 5.73 Å². The van der Waals surface area contributed by atoms with E-state index >= 15 is 0 Å². The molecule has 0 radical (unpaired) electrons. The van der Waals surface area contributed by atoms with Gasteiger partial charge in [-0.2, -0.15) is 0 Å². The van der Waals surface area contributed by atoms with E-state index < -0.39 is 6.04 Å². The van der Waals surface area contributed by atoms with E-state index in [1.807, 2.05) is 19.1 Å². The van der Waals surface area contributed by atoms with E-state index in [0.29, 0.717) is 21.6 Å². The molecule has 1 atom stereocenters. The minimum atomic E-state index is -0.515. The molecular formula is C13H15ClN4OS. The maximum Gasteiger partial charge on any atom is 0.243 e. The van der Waals surface area contributed by atoms with Crippen LogP contribution >= 0.6 is 22.9 Å². The largest absolute Gasteiger partial charge is 0.320 e. The molecule has 1 amide bonds. The number of aromatic nitrogens is 2. The smallest absolute Gasteiger partial charge is 0.243 e. The molecule has 0 aliphatic heterocycles. The zero-order valence-corrected chi connectivity index (χ0v) is 12.5. The fourth-order valence-corrected chi connectivity index (χ4v) is 2.59. The normalized spacial score (nSPS) is 12.2. The van der Waals surface area contributed by atoms with E-state index in [9.17, 15) is 4.79 Å². The molecule has 0 bridgehead atoms. The van der Waals surface area contributed by atoms with Crippen LogP contribution in [-0.2, 0) is 4.79 Å². The van der Waals surface area contributed by atoms with Crippen molar-refractivity contribution in [2.75, 3.05) is 5.32 Å². The van der Waals surface area contributed by atoms with E-state index in [1.165, 1.54) is 11.3 Å². The maximum absolute atomic E-state index is 11.8. The van der Waals surface area contributed by atoms with Gasteiger partial charge in [-0.15, -0.1) is 10.2 Å². The summed E-state index contributed by atoms with van der Waals surface area (Å²) in [5.74, 6) is -0.236. The third-order valence-corrected chi connectivity index (χ3v) is 3.79. The second-order valence-electron chi connectivity index (χ2n) is 4.31. The van der Waals surface area contributed by atoms with Crippen molar-refractivity contribution < 1.29 is 4.79 Å². The number of rotatable bonds is 5. The molecule has 0 aliphatic rings. The van der Waals surface area contributed by atoms with Gasteiger partial charge in [-0.25, -0.2) is 0 Å². The fraction of sp³-hybridized carbons (Fsp3) is 0.308. The number of hydrogen-bond donors (Lipinski definition) is 2. The Kier molecular flexibility index (Phi) is 5.05. The summed E-state index contributed by atoms with van der Waals surface area (Å²) in [7, 11) is 0. The SMILES string of the molecule is CCCC(N)C(=O)Nc1nnc(-c2cccc(Cl)c2)s1. The third kappa shape index (κ3) is 3.75. The molecule has 0 aliphatic carbocycles. The van der Waals surface area contributed by atoms with Crippen LogP contribution in [0.2, 0.25) is 5.02 Å². The van der Waals surface area contributed by atoms with Crippen molar-refractivity contribution in [3.8, 4) is 10.6 Å². The van der Waals surface area contributed by atoms with Gasteiger partial charge in [0.2, 0.25) is 11.0 Å². The second-order valence-corrected chi connectivity index (χ2v) is 5.72. The van der Waals surface area contributed by atoms with Crippen molar-refractivity contribution in [1.29, 1.82) is 0 Å². The average molecular weight is 311 g/mol. The van der Waals surface area contributed by atoms with E-state index in [1.54, 1.807) is 12.1 Å². The number of halogens is 1. The van der Waals surface area contributed by atoms with Crippen LogP contribution in [0.3, 0.4) is 0 Å².